The Bertz CT molecular complexity index is 592. The number of hydrogen-bond acceptors (Lipinski definition) is 5. The molecule has 1 heterocycles. The van der Waals surface area contributed by atoms with E-state index in [4.69, 9.17) is 5.11 Å². The highest BCUT2D eigenvalue weighted by Crippen LogP contribution is 2.34. The normalized spacial score (nSPS) is 16.0. The van der Waals surface area contributed by atoms with Crippen LogP contribution < -0.4 is 5.32 Å². The number of carbonyl (C=O) groups excluding carboxylic acids is 1. The van der Waals surface area contributed by atoms with Crippen LogP contribution in [0.2, 0.25) is 0 Å². The summed E-state index contributed by atoms with van der Waals surface area (Å²) in [7, 11) is 0. The summed E-state index contributed by atoms with van der Waals surface area (Å²) in [5.41, 5.74) is 0.988. The Morgan fingerprint density at radius 3 is 3.00 bits per heavy atom. The average molecular weight is 322 g/mol. The first-order valence-electron chi connectivity index (χ1n) is 7.15. The molecule has 3 rings (SSSR count). The number of benzene rings is 1. The van der Waals surface area contributed by atoms with Crippen LogP contribution in [0.15, 0.2) is 28.6 Å². The highest BCUT2D eigenvalue weighted by Gasteiger charge is 2.31. The molecule has 1 aromatic carbocycles. The van der Waals surface area contributed by atoms with Gasteiger partial charge in [-0.05, 0) is 37.3 Å². The predicted molar refractivity (Wildman–Crippen MR) is 86.7 cm³/mol. The first kappa shape index (κ1) is 14.8. The summed E-state index contributed by atoms with van der Waals surface area (Å²) < 4.78 is 2.08. The lowest BCUT2D eigenvalue weighted by Gasteiger charge is -2.16. The van der Waals surface area contributed by atoms with Crippen molar-refractivity contribution in [3.63, 3.8) is 0 Å². The van der Waals surface area contributed by atoms with Gasteiger partial charge in [0.1, 0.15) is 0 Å². The lowest BCUT2D eigenvalue weighted by atomic mass is 10.1. The molecule has 21 heavy (non-hydrogen) atoms. The van der Waals surface area contributed by atoms with Gasteiger partial charge in [0.2, 0.25) is 5.91 Å². The van der Waals surface area contributed by atoms with E-state index in [0.29, 0.717) is 18.1 Å². The topological polar surface area (TPSA) is 62.2 Å². The van der Waals surface area contributed by atoms with E-state index < -0.39 is 0 Å². The molecule has 1 fully saturated rings. The number of nitrogens with one attached hydrogen (secondary N) is 1. The van der Waals surface area contributed by atoms with Gasteiger partial charge >= 0.3 is 0 Å². The average Bonchev–Trinajstić information content (AvgIpc) is 3.24. The van der Waals surface area contributed by atoms with Crippen molar-refractivity contribution < 1.29 is 9.90 Å². The molecule has 1 aromatic heterocycles. The van der Waals surface area contributed by atoms with Crippen LogP contribution in [-0.2, 0) is 4.79 Å². The Balaban J connectivity index is 1.52. The minimum absolute atomic E-state index is 0.0320. The zero-order valence-corrected chi connectivity index (χ0v) is 13.3. The number of para-hydroxylation sites is 1. The van der Waals surface area contributed by atoms with Crippen molar-refractivity contribution in [1.29, 1.82) is 0 Å². The van der Waals surface area contributed by atoms with Gasteiger partial charge in [-0.25, -0.2) is 4.98 Å². The number of aromatic nitrogens is 1. The number of thiazole rings is 1. The van der Waals surface area contributed by atoms with Gasteiger partial charge in [0.05, 0.1) is 16.0 Å². The van der Waals surface area contributed by atoms with Crippen LogP contribution in [0.5, 0.6) is 0 Å². The molecule has 1 amide bonds. The molecule has 6 heteroatoms. The second kappa shape index (κ2) is 6.77. The second-order valence-corrected chi connectivity index (χ2v) is 7.51. The molecule has 112 valence electrons. The number of nitrogens with zero attached hydrogens (tertiary/aromatic N) is 1. The maximum atomic E-state index is 12.0. The van der Waals surface area contributed by atoms with E-state index in [1.165, 1.54) is 11.8 Å². The molecule has 1 unspecified atom stereocenters. The minimum Gasteiger partial charge on any atom is -0.396 e. The molecule has 1 saturated carbocycles. The fraction of sp³-hybridized carbons (Fsp3) is 0.467. The minimum atomic E-state index is 0.0320. The number of thioether (sulfide) groups is 1. The number of aliphatic hydroxyl groups excluding tert-OH is 1. The number of amides is 1. The summed E-state index contributed by atoms with van der Waals surface area (Å²) in [6, 6.07) is 8.13. The standard InChI is InChI=1S/C15H18N2O2S2/c18-8-7-11(10-5-6-10)16-14(19)9-20-15-17-12-3-1-2-4-13(12)21-15/h1-4,10-11,18H,5-9H2,(H,16,19). The molecule has 2 N–H and O–H groups in total. The molecule has 0 spiro atoms. The molecule has 2 aromatic rings. The lowest BCUT2D eigenvalue weighted by Crippen LogP contribution is -2.38. The highest BCUT2D eigenvalue weighted by molar-refractivity contribution is 8.01. The largest absolute Gasteiger partial charge is 0.396 e. The number of aliphatic hydroxyl groups is 1. The van der Waals surface area contributed by atoms with Crippen molar-refractivity contribution in [3.8, 4) is 0 Å². The van der Waals surface area contributed by atoms with Gasteiger partial charge in [0.25, 0.3) is 0 Å². The lowest BCUT2D eigenvalue weighted by molar-refractivity contribution is -0.119. The summed E-state index contributed by atoms with van der Waals surface area (Å²) in [5.74, 6) is 0.979. The molecule has 0 aliphatic heterocycles. The van der Waals surface area contributed by atoms with Gasteiger partial charge in [-0.15, -0.1) is 11.3 Å². The fourth-order valence-electron chi connectivity index (χ4n) is 2.35. The molecular formula is C15H18N2O2S2. The van der Waals surface area contributed by atoms with Crippen molar-refractivity contribution in [2.45, 2.75) is 29.6 Å². The van der Waals surface area contributed by atoms with E-state index in [0.717, 1.165) is 27.4 Å². The van der Waals surface area contributed by atoms with Gasteiger partial charge in [0, 0.05) is 12.6 Å². The third kappa shape index (κ3) is 3.96. The fourth-order valence-corrected chi connectivity index (χ4v) is 4.23. The SMILES string of the molecule is O=C(CSc1nc2ccccc2s1)NC(CCO)C1CC1. The van der Waals surface area contributed by atoms with Crippen molar-refractivity contribution >= 4 is 39.2 Å². The Kier molecular flexibility index (Phi) is 4.77. The monoisotopic (exact) mass is 322 g/mol. The number of fused-ring (bicyclic) bond motifs is 1. The van der Waals surface area contributed by atoms with E-state index in [1.54, 1.807) is 11.3 Å². The maximum Gasteiger partial charge on any atom is 0.230 e. The van der Waals surface area contributed by atoms with E-state index in [2.05, 4.69) is 10.3 Å². The Morgan fingerprint density at radius 1 is 1.48 bits per heavy atom. The Hall–Kier alpha value is -1.11. The van der Waals surface area contributed by atoms with E-state index >= 15 is 0 Å². The maximum absolute atomic E-state index is 12.0. The quantitative estimate of drug-likeness (QED) is 0.769. The van der Waals surface area contributed by atoms with Crippen molar-refractivity contribution in [1.82, 2.24) is 10.3 Å². The number of hydrogen-bond donors (Lipinski definition) is 2. The second-order valence-electron chi connectivity index (χ2n) is 5.26. The summed E-state index contributed by atoms with van der Waals surface area (Å²) in [6.07, 6.45) is 2.98. The third-order valence-corrected chi connectivity index (χ3v) is 5.76. The smallest absolute Gasteiger partial charge is 0.230 e. The van der Waals surface area contributed by atoms with E-state index in [9.17, 15) is 4.79 Å². The highest BCUT2D eigenvalue weighted by atomic mass is 32.2. The molecule has 4 nitrogen and oxygen atoms in total. The Labute approximate surface area is 132 Å². The molecular weight excluding hydrogens is 304 g/mol. The van der Waals surface area contributed by atoms with Gasteiger partial charge in [0.15, 0.2) is 4.34 Å². The molecule has 0 bridgehead atoms. The zero-order chi connectivity index (χ0) is 14.7. The summed E-state index contributed by atoms with van der Waals surface area (Å²) >= 11 is 3.10. The van der Waals surface area contributed by atoms with Crippen LogP contribution in [0, 0.1) is 5.92 Å². The van der Waals surface area contributed by atoms with Gasteiger partial charge in [-0.1, -0.05) is 23.9 Å². The summed E-state index contributed by atoms with van der Waals surface area (Å²) in [6.45, 7) is 0.131. The third-order valence-electron chi connectivity index (χ3n) is 3.58. The van der Waals surface area contributed by atoms with Crippen molar-refractivity contribution in [2.24, 2.45) is 5.92 Å². The van der Waals surface area contributed by atoms with Crippen LogP contribution in [0.3, 0.4) is 0 Å². The molecule has 0 radical (unpaired) electrons. The first-order chi connectivity index (χ1) is 10.3. The van der Waals surface area contributed by atoms with Crippen LogP contribution in [0.4, 0.5) is 0 Å². The summed E-state index contributed by atoms with van der Waals surface area (Å²) in [4.78, 5) is 16.5. The van der Waals surface area contributed by atoms with Gasteiger partial charge in [-0.2, -0.15) is 0 Å². The van der Waals surface area contributed by atoms with Crippen LogP contribution in [0.1, 0.15) is 19.3 Å². The first-order valence-corrected chi connectivity index (χ1v) is 8.95. The number of rotatable bonds is 7. The predicted octanol–water partition coefficient (Wildman–Crippen LogP) is 2.67. The van der Waals surface area contributed by atoms with Crippen LogP contribution in [-0.4, -0.2) is 34.4 Å². The molecule has 0 saturated heterocycles. The van der Waals surface area contributed by atoms with Crippen LogP contribution in [0.25, 0.3) is 10.2 Å². The van der Waals surface area contributed by atoms with Crippen LogP contribution >= 0.6 is 23.1 Å². The van der Waals surface area contributed by atoms with E-state index in [1.807, 2.05) is 24.3 Å². The van der Waals surface area contributed by atoms with Crippen molar-refractivity contribution in [3.05, 3.63) is 24.3 Å². The zero-order valence-electron chi connectivity index (χ0n) is 11.6. The van der Waals surface area contributed by atoms with Gasteiger partial charge < -0.3 is 10.4 Å². The summed E-state index contributed by atoms with van der Waals surface area (Å²) in [5, 5.41) is 12.1. The number of carbonyl (C=O) groups is 1. The molecule has 1 atom stereocenters. The molecule has 1 aliphatic rings. The van der Waals surface area contributed by atoms with E-state index in [-0.39, 0.29) is 18.6 Å². The van der Waals surface area contributed by atoms with Crippen molar-refractivity contribution in [2.75, 3.05) is 12.4 Å². The Morgan fingerprint density at radius 2 is 2.29 bits per heavy atom. The molecule has 1 aliphatic carbocycles. The van der Waals surface area contributed by atoms with Gasteiger partial charge in [-0.3, -0.25) is 4.79 Å².